The number of likely N-dealkylation sites (tertiary alicyclic amines) is 1. The molecule has 1 unspecified atom stereocenters. The fourth-order valence-electron chi connectivity index (χ4n) is 3.19. The van der Waals surface area contributed by atoms with E-state index in [9.17, 15) is 9.18 Å². The second-order valence-corrected chi connectivity index (χ2v) is 6.23. The maximum atomic E-state index is 13.0. The Labute approximate surface area is 146 Å². The molecule has 0 saturated carbocycles. The Hall–Kier alpha value is -2.41. The summed E-state index contributed by atoms with van der Waals surface area (Å²) in [6.07, 6.45) is 5.08. The summed E-state index contributed by atoms with van der Waals surface area (Å²) >= 11 is 0. The summed E-state index contributed by atoms with van der Waals surface area (Å²) in [6, 6.07) is 6.04. The molecular formula is C18H23FN4O2. The van der Waals surface area contributed by atoms with Crippen molar-refractivity contribution in [1.29, 1.82) is 0 Å². The van der Waals surface area contributed by atoms with Gasteiger partial charge in [-0.1, -0.05) is 12.1 Å². The van der Waals surface area contributed by atoms with Gasteiger partial charge in [-0.2, -0.15) is 0 Å². The lowest BCUT2D eigenvalue weighted by Crippen LogP contribution is -2.45. The van der Waals surface area contributed by atoms with Crippen LogP contribution in [0.4, 0.5) is 9.18 Å². The van der Waals surface area contributed by atoms with Crippen LogP contribution in [-0.4, -0.2) is 47.6 Å². The first kappa shape index (κ1) is 17.4. The molecule has 2 N–H and O–H groups in total. The Balaban J connectivity index is 1.48. The number of benzene rings is 1. The molecule has 25 heavy (non-hydrogen) atoms. The van der Waals surface area contributed by atoms with Crippen molar-refractivity contribution in [3.05, 3.63) is 53.9 Å². The molecule has 1 aliphatic heterocycles. The zero-order valence-corrected chi connectivity index (χ0v) is 14.2. The van der Waals surface area contributed by atoms with Crippen LogP contribution in [0.15, 0.2) is 36.8 Å². The lowest BCUT2D eigenvalue weighted by Gasteiger charge is -2.32. The fraction of sp³-hybridized carbons (Fsp3) is 0.444. The number of hydrogen-bond donors (Lipinski definition) is 2. The van der Waals surface area contributed by atoms with Gasteiger partial charge in [0.15, 0.2) is 0 Å². The number of urea groups is 1. The molecule has 0 radical (unpaired) electrons. The number of carbonyl (C=O) groups is 1. The lowest BCUT2D eigenvalue weighted by atomic mass is 9.94. The van der Waals surface area contributed by atoms with E-state index in [4.69, 9.17) is 4.74 Å². The van der Waals surface area contributed by atoms with Crippen LogP contribution in [0, 0.1) is 5.82 Å². The molecule has 1 saturated heterocycles. The summed E-state index contributed by atoms with van der Waals surface area (Å²) < 4.78 is 18.4. The number of nitrogens with one attached hydrogen (secondary N) is 2. The van der Waals surface area contributed by atoms with Gasteiger partial charge in [-0.3, -0.25) is 0 Å². The lowest BCUT2D eigenvalue weighted by molar-refractivity contribution is 0.100. The highest BCUT2D eigenvalue weighted by atomic mass is 19.1. The van der Waals surface area contributed by atoms with Crippen molar-refractivity contribution in [3.63, 3.8) is 0 Å². The zero-order chi connectivity index (χ0) is 17.6. The van der Waals surface area contributed by atoms with Gasteiger partial charge in [-0.05, 0) is 30.5 Å². The van der Waals surface area contributed by atoms with Crippen molar-refractivity contribution in [2.24, 2.45) is 0 Å². The number of amides is 2. The van der Waals surface area contributed by atoms with Crippen LogP contribution in [0.5, 0.6) is 0 Å². The Morgan fingerprint density at radius 3 is 2.72 bits per heavy atom. The number of ether oxygens (including phenoxy) is 1. The van der Waals surface area contributed by atoms with E-state index in [1.165, 1.54) is 12.1 Å². The highest BCUT2D eigenvalue weighted by Gasteiger charge is 2.25. The maximum Gasteiger partial charge on any atom is 0.317 e. The van der Waals surface area contributed by atoms with Crippen LogP contribution in [0.3, 0.4) is 0 Å². The number of hydrogen-bond acceptors (Lipinski definition) is 3. The predicted molar refractivity (Wildman–Crippen MR) is 91.7 cm³/mol. The van der Waals surface area contributed by atoms with E-state index in [2.05, 4.69) is 15.3 Å². The third-order valence-corrected chi connectivity index (χ3v) is 4.71. The van der Waals surface area contributed by atoms with Gasteiger partial charge in [0.05, 0.1) is 12.4 Å². The number of rotatable bonds is 5. The van der Waals surface area contributed by atoms with Crippen LogP contribution < -0.4 is 5.32 Å². The first-order chi connectivity index (χ1) is 12.2. The second-order valence-electron chi connectivity index (χ2n) is 6.23. The predicted octanol–water partition coefficient (Wildman–Crippen LogP) is 2.83. The Morgan fingerprint density at radius 2 is 2.12 bits per heavy atom. The van der Waals surface area contributed by atoms with Gasteiger partial charge in [-0.25, -0.2) is 14.2 Å². The zero-order valence-electron chi connectivity index (χ0n) is 14.2. The summed E-state index contributed by atoms with van der Waals surface area (Å²) in [4.78, 5) is 21.4. The maximum absolute atomic E-state index is 13.0. The standard InChI is InChI=1S/C18H23FN4O2/c1-25-17(14-2-4-15(19)5-3-14)11-21-18(24)23-8-6-13(7-9-23)16-10-20-12-22-16/h2-5,10,12-13,17H,6-9,11H2,1H3,(H,20,22)(H,21,24). The molecule has 0 aliphatic carbocycles. The van der Waals surface area contributed by atoms with Crippen molar-refractivity contribution in [3.8, 4) is 0 Å². The molecule has 1 atom stereocenters. The average Bonchev–Trinajstić information content (AvgIpc) is 3.18. The quantitative estimate of drug-likeness (QED) is 0.875. The topological polar surface area (TPSA) is 70.2 Å². The van der Waals surface area contributed by atoms with Gasteiger partial charge >= 0.3 is 6.03 Å². The fourth-order valence-corrected chi connectivity index (χ4v) is 3.19. The molecule has 7 heteroatoms. The number of nitrogens with zero attached hydrogens (tertiary/aromatic N) is 2. The summed E-state index contributed by atoms with van der Waals surface area (Å²) in [7, 11) is 1.58. The van der Waals surface area contributed by atoms with Crippen LogP contribution in [0.2, 0.25) is 0 Å². The van der Waals surface area contributed by atoms with E-state index < -0.39 is 0 Å². The molecule has 3 rings (SSSR count). The summed E-state index contributed by atoms with van der Waals surface area (Å²) in [5, 5.41) is 2.91. The minimum Gasteiger partial charge on any atom is -0.375 e. The number of aromatic nitrogens is 2. The molecule has 6 nitrogen and oxygen atoms in total. The van der Waals surface area contributed by atoms with E-state index in [1.54, 1.807) is 25.6 Å². The van der Waals surface area contributed by atoms with E-state index in [-0.39, 0.29) is 18.0 Å². The monoisotopic (exact) mass is 346 g/mol. The van der Waals surface area contributed by atoms with Crippen LogP contribution in [-0.2, 0) is 4.74 Å². The Kier molecular flexibility index (Phi) is 5.65. The molecule has 2 aromatic rings. The van der Waals surface area contributed by atoms with E-state index in [0.29, 0.717) is 25.6 Å². The van der Waals surface area contributed by atoms with E-state index in [1.807, 2.05) is 11.1 Å². The number of aromatic amines is 1. The molecule has 1 aromatic carbocycles. The van der Waals surface area contributed by atoms with Gasteiger partial charge in [0.2, 0.25) is 0 Å². The molecule has 2 heterocycles. The SMILES string of the molecule is COC(CNC(=O)N1CCC(c2cnc[nH]2)CC1)c1ccc(F)cc1. The number of methoxy groups -OCH3 is 1. The highest BCUT2D eigenvalue weighted by Crippen LogP contribution is 2.26. The van der Waals surface area contributed by atoms with Gasteiger partial charge < -0.3 is 19.9 Å². The van der Waals surface area contributed by atoms with E-state index >= 15 is 0 Å². The smallest absolute Gasteiger partial charge is 0.317 e. The Morgan fingerprint density at radius 1 is 1.40 bits per heavy atom. The molecule has 0 bridgehead atoms. The largest absolute Gasteiger partial charge is 0.375 e. The van der Waals surface area contributed by atoms with E-state index in [0.717, 1.165) is 24.1 Å². The molecule has 1 aliphatic rings. The van der Waals surface area contributed by atoms with Gasteiger partial charge in [-0.15, -0.1) is 0 Å². The number of halogens is 1. The minimum absolute atomic E-state index is 0.0905. The molecule has 2 amide bonds. The third kappa shape index (κ3) is 4.36. The normalized spacial score (nSPS) is 16.6. The van der Waals surface area contributed by atoms with Gasteiger partial charge in [0, 0.05) is 44.6 Å². The van der Waals surface area contributed by atoms with Crippen molar-refractivity contribution >= 4 is 6.03 Å². The average molecular weight is 346 g/mol. The van der Waals surface area contributed by atoms with Crippen molar-refractivity contribution < 1.29 is 13.9 Å². The number of carbonyl (C=O) groups excluding carboxylic acids is 1. The van der Waals surface area contributed by atoms with Crippen molar-refractivity contribution in [1.82, 2.24) is 20.2 Å². The van der Waals surface area contributed by atoms with Crippen LogP contribution >= 0.6 is 0 Å². The summed E-state index contributed by atoms with van der Waals surface area (Å²) in [5.41, 5.74) is 1.97. The summed E-state index contributed by atoms with van der Waals surface area (Å²) in [6.45, 7) is 1.77. The molecule has 134 valence electrons. The third-order valence-electron chi connectivity index (χ3n) is 4.71. The van der Waals surface area contributed by atoms with Crippen molar-refractivity contribution in [2.45, 2.75) is 24.9 Å². The second kappa shape index (κ2) is 8.11. The Bertz CT molecular complexity index is 667. The highest BCUT2D eigenvalue weighted by molar-refractivity contribution is 5.74. The van der Waals surface area contributed by atoms with Crippen LogP contribution in [0.1, 0.15) is 36.1 Å². The molecule has 1 fully saturated rings. The first-order valence-corrected chi connectivity index (χ1v) is 8.46. The van der Waals surface area contributed by atoms with Gasteiger partial charge in [0.25, 0.3) is 0 Å². The molecule has 0 spiro atoms. The van der Waals surface area contributed by atoms with Crippen molar-refractivity contribution in [2.75, 3.05) is 26.7 Å². The minimum atomic E-state index is -0.299. The molecular weight excluding hydrogens is 323 g/mol. The number of H-pyrrole nitrogens is 1. The summed E-state index contributed by atoms with van der Waals surface area (Å²) in [5.74, 6) is 0.139. The first-order valence-electron chi connectivity index (χ1n) is 8.46. The van der Waals surface area contributed by atoms with Gasteiger partial charge in [0.1, 0.15) is 5.82 Å². The number of imidazole rings is 1. The van der Waals surface area contributed by atoms with Crippen LogP contribution in [0.25, 0.3) is 0 Å². The number of piperidine rings is 1. The molecule has 1 aromatic heterocycles.